The number of nitrogens with one attached hydrogen (secondary N) is 1. The third kappa shape index (κ3) is 4.08. The van der Waals surface area contributed by atoms with Gasteiger partial charge in [-0.05, 0) is 37.3 Å². The zero-order valence-electron chi connectivity index (χ0n) is 11.8. The third-order valence-electron chi connectivity index (χ3n) is 3.78. The zero-order chi connectivity index (χ0) is 13.7. The minimum Gasteiger partial charge on any atom is -0.474 e. The Morgan fingerprint density at radius 2 is 2.21 bits per heavy atom. The van der Waals surface area contributed by atoms with E-state index in [2.05, 4.69) is 24.1 Å². The molecule has 1 aliphatic rings. The van der Waals surface area contributed by atoms with Crippen LogP contribution in [0.2, 0.25) is 5.02 Å². The first-order valence-electron chi connectivity index (χ1n) is 7.22. The maximum absolute atomic E-state index is 6.15. The second kappa shape index (κ2) is 7.11. The molecule has 1 aromatic heterocycles. The first kappa shape index (κ1) is 14.6. The maximum atomic E-state index is 6.15. The van der Waals surface area contributed by atoms with Gasteiger partial charge in [-0.15, -0.1) is 0 Å². The molecule has 1 aromatic rings. The number of hydrogen-bond donors (Lipinski definition) is 1. The Morgan fingerprint density at radius 1 is 1.42 bits per heavy atom. The van der Waals surface area contributed by atoms with E-state index in [1.54, 1.807) is 6.20 Å². The normalized spacial score (nSPS) is 23.3. The zero-order valence-corrected chi connectivity index (χ0v) is 12.5. The topological polar surface area (TPSA) is 34.1 Å². The highest BCUT2D eigenvalue weighted by Crippen LogP contribution is 2.28. The van der Waals surface area contributed by atoms with Gasteiger partial charge in [0.25, 0.3) is 0 Å². The summed E-state index contributed by atoms with van der Waals surface area (Å²) in [5, 5.41) is 3.98. The molecular formula is C15H23ClN2O. The van der Waals surface area contributed by atoms with E-state index in [0.29, 0.717) is 22.9 Å². The van der Waals surface area contributed by atoms with Crippen molar-refractivity contribution in [3.63, 3.8) is 0 Å². The molecule has 0 aliphatic heterocycles. The van der Waals surface area contributed by atoms with Crippen molar-refractivity contribution in [2.24, 2.45) is 5.92 Å². The van der Waals surface area contributed by atoms with Gasteiger partial charge in [0.15, 0.2) is 0 Å². The quantitative estimate of drug-likeness (QED) is 0.892. The van der Waals surface area contributed by atoms with E-state index < -0.39 is 0 Å². The Hall–Kier alpha value is -0.800. The van der Waals surface area contributed by atoms with Crippen LogP contribution < -0.4 is 10.1 Å². The minimum atomic E-state index is 0.300. The number of rotatable bonds is 5. The lowest BCUT2D eigenvalue weighted by atomic mass is 9.88. The first-order valence-corrected chi connectivity index (χ1v) is 7.60. The monoisotopic (exact) mass is 282 g/mol. The lowest BCUT2D eigenvalue weighted by Gasteiger charge is -2.28. The molecule has 3 nitrogen and oxygen atoms in total. The second-order valence-corrected chi connectivity index (χ2v) is 5.72. The molecule has 1 saturated carbocycles. The van der Waals surface area contributed by atoms with Crippen LogP contribution in [0.4, 0.5) is 0 Å². The number of nitrogens with zero attached hydrogens (tertiary/aromatic N) is 1. The minimum absolute atomic E-state index is 0.300. The molecule has 1 heterocycles. The van der Waals surface area contributed by atoms with Crippen molar-refractivity contribution in [2.75, 3.05) is 6.54 Å². The molecule has 2 atom stereocenters. The summed E-state index contributed by atoms with van der Waals surface area (Å²) in [5.74, 6) is 1.32. The smallest absolute Gasteiger partial charge is 0.213 e. The number of ether oxygens (including phenoxy) is 1. The average Bonchev–Trinajstić information content (AvgIpc) is 2.42. The van der Waals surface area contributed by atoms with Crippen LogP contribution in [0.1, 0.15) is 45.1 Å². The predicted molar refractivity (Wildman–Crippen MR) is 78.7 cm³/mol. The lowest BCUT2D eigenvalue weighted by Crippen LogP contribution is -2.28. The molecule has 0 amide bonds. The van der Waals surface area contributed by atoms with Crippen molar-refractivity contribution in [3.8, 4) is 5.88 Å². The summed E-state index contributed by atoms with van der Waals surface area (Å²) in [5.41, 5.74) is 1.05. The van der Waals surface area contributed by atoms with Crippen molar-refractivity contribution < 1.29 is 4.74 Å². The van der Waals surface area contributed by atoms with Gasteiger partial charge in [0.2, 0.25) is 5.88 Å². The van der Waals surface area contributed by atoms with E-state index in [-0.39, 0.29) is 0 Å². The predicted octanol–water partition coefficient (Wildman–Crippen LogP) is 3.80. The summed E-state index contributed by atoms with van der Waals surface area (Å²) in [4.78, 5) is 4.29. The summed E-state index contributed by atoms with van der Waals surface area (Å²) in [6, 6.07) is 1.96. The van der Waals surface area contributed by atoms with Crippen LogP contribution in [-0.4, -0.2) is 17.6 Å². The molecule has 0 radical (unpaired) electrons. The van der Waals surface area contributed by atoms with E-state index in [1.807, 2.05) is 6.07 Å². The summed E-state index contributed by atoms with van der Waals surface area (Å²) < 4.78 is 6.05. The largest absolute Gasteiger partial charge is 0.474 e. The molecule has 1 fully saturated rings. The van der Waals surface area contributed by atoms with Crippen molar-refractivity contribution in [1.82, 2.24) is 10.3 Å². The van der Waals surface area contributed by atoms with Crippen LogP contribution >= 0.6 is 11.6 Å². The van der Waals surface area contributed by atoms with Crippen molar-refractivity contribution >= 4 is 11.6 Å². The van der Waals surface area contributed by atoms with Crippen LogP contribution in [0.3, 0.4) is 0 Å². The lowest BCUT2D eigenvalue weighted by molar-refractivity contribution is 0.0975. The summed E-state index contributed by atoms with van der Waals surface area (Å²) in [6.07, 6.45) is 6.95. The molecule has 0 spiro atoms. The molecule has 106 valence electrons. The third-order valence-corrected chi connectivity index (χ3v) is 4.12. The van der Waals surface area contributed by atoms with Crippen LogP contribution in [-0.2, 0) is 6.54 Å². The Bertz CT molecular complexity index is 411. The highest BCUT2D eigenvalue weighted by molar-refractivity contribution is 6.31. The van der Waals surface area contributed by atoms with Crippen molar-refractivity contribution in [2.45, 2.75) is 52.2 Å². The Balaban J connectivity index is 2.03. The van der Waals surface area contributed by atoms with Crippen LogP contribution in [0, 0.1) is 5.92 Å². The van der Waals surface area contributed by atoms with E-state index in [0.717, 1.165) is 25.1 Å². The van der Waals surface area contributed by atoms with Gasteiger partial charge < -0.3 is 10.1 Å². The number of halogens is 1. The fourth-order valence-electron chi connectivity index (χ4n) is 2.53. The highest BCUT2D eigenvalue weighted by atomic mass is 35.5. The SMILES string of the molecule is CCNCc1cc(OC2CCCCC2C)ncc1Cl. The van der Waals surface area contributed by atoms with Crippen molar-refractivity contribution in [3.05, 3.63) is 22.8 Å². The molecular weight excluding hydrogens is 260 g/mol. The van der Waals surface area contributed by atoms with Gasteiger partial charge in [0, 0.05) is 18.8 Å². The van der Waals surface area contributed by atoms with Crippen LogP contribution in [0.5, 0.6) is 5.88 Å². The summed E-state index contributed by atoms with van der Waals surface area (Å²) in [7, 11) is 0. The maximum Gasteiger partial charge on any atom is 0.213 e. The van der Waals surface area contributed by atoms with Crippen LogP contribution in [0.25, 0.3) is 0 Å². The van der Waals surface area contributed by atoms with Gasteiger partial charge in [-0.1, -0.05) is 31.9 Å². The highest BCUT2D eigenvalue weighted by Gasteiger charge is 2.23. The molecule has 4 heteroatoms. The van der Waals surface area contributed by atoms with E-state index in [9.17, 15) is 0 Å². The van der Waals surface area contributed by atoms with Gasteiger partial charge in [-0.25, -0.2) is 4.98 Å². The number of aromatic nitrogens is 1. The summed E-state index contributed by atoms with van der Waals surface area (Å²) in [6.45, 7) is 6.03. The Labute approximate surface area is 120 Å². The Kier molecular flexibility index (Phi) is 5.46. The fraction of sp³-hybridized carbons (Fsp3) is 0.667. The Morgan fingerprint density at radius 3 is 2.95 bits per heavy atom. The van der Waals surface area contributed by atoms with Gasteiger partial charge in [0.05, 0.1) is 5.02 Å². The molecule has 0 aromatic carbocycles. The number of pyridine rings is 1. The molecule has 1 aliphatic carbocycles. The van der Waals surface area contributed by atoms with E-state index >= 15 is 0 Å². The molecule has 2 unspecified atom stereocenters. The molecule has 0 saturated heterocycles. The fourth-order valence-corrected chi connectivity index (χ4v) is 2.70. The molecule has 2 rings (SSSR count). The molecule has 0 bridgehead atoms. The standard InChI is InChI=1S/C15H23ClN2O/c1-3-17-9-12-8-15(18-10-13(12)16)19-14-7-5-4-6-11(14)2/h8,10-11,14,17H,3-7,9H2,1-2H3. The first-order chi connectivity index (χ1) is 9.20. The van der Waals surface area contributed by atoms with E-state index in [1.165, 1.54) is 19.3 Å². The second-order valence-electron chi connectivity index (χ2n) is 5.31. The van der Waals surface area contributed by atoms with Gasteiger partial charge in [-0.3, -0.25) is 0 Å². The van der Waals surface area contributed by atoms with Gasteiger partial charge in [-0.2, -0.15) is 0 Å². The van der Waals surface area contributed by atoms with Crippen LogP contribution in [0.15, 0.2) is 12.3 Å². The summed E-state index contributed by atoms with van der Waals surface area (Å²) >= 11 is 6.15. The van der Waals surface area contributed by atoms with Crippen molar-refractivity contribution in [1.29, 1.82) is 0 Å². The average molecular weight is 283 g/mol. The molecule has 19 heavy (non-hydrogen) atoms. The van der Waals surface area contributed by atoms with Gasteiger partial charge in [0.1, 0.15) is 6.10 Å². The number of hydrogen-bond acceptors (Lipinski definition) is 3. The molecule has 1 N–H and O–H groups in total. The van der Waals surface area contributed by atoms with E-state index in [4.69, 9.17) is 16.3 Å². The van der Waals surface area contributed by atoms with Gasteiger partial charge >= 0.3 is 0 Å².